The highest BCUT2D eigenvalue weighted by molar-refractivity contribution is 5.95. The van der Waals surface area contributed by atoms with E-state index in [1.54, 1.807) is 56.3 Å². The molecule has 1 N–H and O–H groups in total. The average molecular weight is 356 g/mol. The Kier molecular flexibility index (Phi) is 4.95. The number of fused-ring (bicyclic) bond motifs is 1. The van der Waals surface area contributed by atoms with Crippen molar-refractivity contribution in [1.82, 2.24) is 0 Å². The number of carbonyl (C=O) groups excluding carboxylic acids is 2. The van der Waals surface area contributed by atoms with Gasteiger partial charge in [-0.25, -0.2) is 9.59 Å². The van der Waals surface area contributed by atoms with Gasteiger partial charge in [0.25, 0.3) is 5.60 Å². The second-order valence-electron chi connectivity index (χ2n) is 5.76. The first-order chi connectivity index (χ1) is 12.6. The molecule has 26 heavy (non-hydrogen) atoms. The summed E-state index contributed by atoms with van der Waals surface area (Å²) in [6.45, 7) is 3.65. The summed E-state index contributed by atoms with van der Waals surface area (Å²) >= 11 is 0. The predicted octanol–water partition coefficient (Wildman–Crippen LogP) is 2.75. The van der Waals surface area contributed by atoms with Crippen LogP contribution in [-0.2, 0) is 19.9 Å². The summed E-state index contributed by atoms with van der Waals surface area (Å²) in [5, 5.41) is 11.0. The number of hydrogen-bond donors (Lipinski definition) is 1. The Labute approximate surface area is 151 Å². The molecule has 0 aromatic heterocycles. The van der Waals surface area contributed by atoms with Crippen LogP contribution < -0.4 is 4.74 Å². The standard InChI is InChI=1S/C20H20O6/c1-3-24-18(22)13-9-5-7-11-15(13)20(19(23)25-4-2)17(21)14-10-6-8-12-16(14)26-20/h5-12,17,21H,3-4H2,1-2H3. The molecule has 0 spiro atoms. The van der Waals surface area contributed by atoms with Crippen molar-refractivity contribution >= 4 is 11.9 Å². The second kappa shape index (κ2) is 7.17. The van der Waals surface area contributed by atoms with Crippen molar-refractivity contribution in [1.29, 1.82) is 0 Å². The molecule has 1 aliphatic rings. The summed E-state index contributed by atoms with van der Waals surface area (Å²) < 4.78 is 16.2. The van der Waals surface area contributed by atoms with Gasteiger partial charge < -0.3 is 19.3 Å². The highest BCUT2D eigenvalue weighted by Gasteiger charge is 2.58. The van der Waals surface area contributed by atoms with Gasteiger partial charge in [0.1, 0.15) is 11.9 Å². The SMILES string of the molecule is CCOC(=O)c1ccccc1C1(C(=O)OCC)Oc2ccccc2C1O. The second-order valence-corrected chi connectivity index (χ2v) is 5.76. The van der Waals surface area contributed by atoms with Crippen molar-refractivity contribution in [3.05, 3.63) is 65.2 Å². The molecule has 2 unspecified atom stereocenters. The lowest BCUT2D eigenvalue weighted by Crippen LogP contribution is -2.46. The Hall–Kier alpha value is -2.86. The van der Waals surface area contributed by atoms with Gasteiger partial charge in [-0.3, -0.25) is 0 Å². The first kappa shape index (κ1) is 17.9. The van der Waals surface area contributed by atoms with Gasteiger partial charge in [-0.05, 0) is 26.0 Å². The molecule has 0 bridgehead atoms. The highest BCUT2D eigenvalue weighted by Crippen LogP contribution is 2.50. The highest BCUT2D eigenvalue weighted by atomic mass is 16.6. The van der Waals surface area contributed by atoms with Crippen molar-refractivity contribution < 1.29 is 28.9 Å². The molecule has 0 saturated heterocycles. The van der Waals surface area contributed by atoms with E-state index in [0.717, 1.165) is 0 Å². The Bertz CT molecular complexity index is 831. The number of hydrogen-bond acceptors (Lipinski definition) is 6. The summed E-state index contributed by atoms with van der Waals surface area (Å²) in [7, 11) is 0. The fraction of sp³-hybridized carbons (Fsp3) is 0.300. The predicted molar refractivity (Wildman–Crippen MR) is 92.7 cm³/mol. The van der Waals surface area contributed by atoms with Crippen LogP contribution in [-0.4, -0.2) is 30.3 Å². The quantitative estimate of drug-likeness (QED) is 0.830. The van der Waals surface area contributed by atoms with Crippen LogP contribution in [0.4, 0.5) is 0 Å². The maximum absolute atomic E-state index is 12.9. The monoisotopic (exact) mass is 356 g/mol. The molecule has 0 fully saturated rings. The van der Waals surface area contributed by atoms with Crippen LogP contribution in [0.5, 0.6) is 5.75 Å². The molecular formula is C20H20O6. The summed E-state index contributed by atoms with van der Waals surface area (Å²) in [5.74, 6) is -0.995. The molecule has 2 atom stereocenters. The van der Waals surface area contributed by atoms with Gasteiger partial charge in [0.05, 0.1) is 18.8 Å². The molecule has 3 rings (SSSR count). The first-order valence-electron chi connectivity index (χ1n) is 8.46. The van der Waals surface area contributed by atoms with Gasteiger partial charge in [0.15, 0.2) is 0 Å². The lowest BCUT2D eigenvalue weighted by Gasteiger charge is -2.31. The molecule has 1 heterocycles. The zero-order chi connectivity index (χ0) is 18.7. The number of benzene rings is 2. The van der Waals surface area contributed by atoms with Crippen LogP contribution in [0.3, 0.4) is 0 Å². The first-order valence-corrected chi connectivity index (χ1v) is 8.46. The minimum Gasteiger partial charge on any atom is -0.467 e. The molecule has 2 aromatic carbocycles. The lowest BCUT2D eigenvalue weighted by molar-refractivity contribution is -0.171. The number of carbonyl (C=O) groups is 2. The largest absolute Gasteiger partial charge is 0.467 e. The minimum atomic E-state index is -1.87. The Morgan fingerprint density at radius 2 is 1.69 bits per heavy atom. The third-order valence-corrected chi connectivity index (χ3v) is 4.27. The topological polar surface area (TPSA) is 82.1 Å². The molecule has 0 saturated carbocycles. The number of aliphatic hydroxyl groups is 1. The molecule has 2 aromatic rings. The van der Waals surface area contributed by atoms with Gasteiger partial charge >= 0.3 is 11.9 Å². The van der Waals surface area contributed by atoms with Crippen LogP contribution in [0.1, 0.15) is 41.4 Å². The Morgan fingerprint density at radius 1 is 1.04 bits per heavy atom. The molecule has 0 aliphatic carbocycles. The van der Waals surface area contributed by atoms with E-state index in [-0.39, 0.29) is 24.3 Å². The van der Waals surface area contributed by atoms with Crippen molar-refractivity contribution in [3.63, 3.8) is 0 Å². The summed E-state index contributed by atoms with van der Waals surface area (Å²) in [5.41, 5.74) is -1.06. The van der Waals surface area contributed by atoms with E-state index in [4.69, 9.17) is 14.2 Å². The fourth-order valence-corrected chi connectivity index (χ4v) is 3.15. The normalized spacial score (nSPS) is 20.8. The smallest absolute Gasteiger partial charge is 0.358 e. The van der Waals surface area contributed by atoms with Gasteiger partial charge in [-0.2, -0.15) is 0 Å². The van der Waals surface area contributed by atoms with Crippen molar-refractivity contribution in [2.45, 2.75) is 25.6 Å². The Morgan fingerprint density at radius 3 is 2.38 bits per heavy atom. The molecular weight excluding hydrogens is 336 g/mol. The maximum atomic E-state index is 12.9. The van der Waals surface area contributed by atoms with Crippen LogP contribution in [0.2, 0.25) is 0 Å². The molecule has 136 valence electrons. The van der Waals surface area contributed by atoms with Gasteiger partial charge in [0, 0.05) is 11.1 Å². The number of aliphatic hydroxyl groups excluding tert-OH is 1. The summed E-state index contributed by atoms with van der Waals surface area (Å²) in [6.07, 6.45) is -1.33. The minimum absolute atomic E-state index is 0.106. The van der Waals surface area contributed by atoms with Gasteiger partial charge in [-0.1, -0.05) is 36.4 Å². The summed E-state index contributed by atoms with van der Waals surface area (Å²) in [6, 6.07) is 13.2. The summed E-state index contributed by atoms with van der Waals surface area (Å²) in [4.78, 5) is 25.3. The molecule has 6 nitrogen and oxygen atoms in total. The number of esters is 2. The van der Waals surface area contributed by atoms with Crippen LogP contribution in [0, 0.1) is 0 Å². The van der Waals surface area contributed by atoms with Crippen molar-refractivity contribution in [2.24, 2.45) is 0 Å². The number of rotatable bonds is 5. The van der Waals surface area contributed by atoms with Gasteiger partial charge in [-0.15, -0.1) is 0 Å². The van der Waals surface area contributed by atoms with Crippen molar-refractivity contribution in [3.8, 4) is 5.75 Å². The number of ether oxygens (including phenoxy) is 3. The van der Waals surface area contributed by atoms with E-state index in [1.807, 2.05) is 0 Å². The lowest BCUT2D eigenvalue weighted by atomic mass is 9.83. The van der Waals surface area contributed by atoms with Crippen LogP contribution in [0.25, 0.3) is 0 Å². The van der Waals surface area contributed by atoms with E-state index in [0.29, 0.717) is 11.3 Å². The van der Waals surface area contributed by atoms with E-state index >= 15 is 0 Å². The molecule has 6 heteroatoms. The molecule has 1 aliphatic heterocycles. The zero-order valence-electron chi connectivity index (χ0n) is 14.6. The van der Waals surface area contributed by atoms with Crippen molar-refractivity contribution in [2.75, 3.05) is 13.2 Å². The maximum Gasteiger partial charge on any atom is 0.358 e. The molecule has 0 radical (unpaired) electrons. The van der Waals surface area contributed by atoms with E-state index in [1.165, 1.54) is 6.07 Å². The zero-order valence-corrected chi connectivity index (χ0v) is 14.6. The van der Waals surface area contributed by atoms with E-state index in [9.17, 15) is 14.7 Å². The fourth-order valence-electron chi connectivity index (χ4n) is 3.15. The van der Waals surface area contributed by atoms with E-state index < -0.39 is 23.6 Å². The van der Waals surface area contributed by atoms with Gasteiger partial charge in [0.2, 0.25) is 0 Å². The third-order valence-electron chi connectivity index (χ3n) is 4.27. The van der Waals surface area contributed by atoms with E-state index in [2.05, 4.69) is 0 Å². The average Bonchev–Trinajstić information content (AvgIpc) is 2.96. The third kappa shape index (κ3) is 2.72. The number of para-hydroxylation sites is 1. The molecule has 0 amide bonds. The Balaban J connectivity index is 2.20. The van der Waals surface area contributed by atoms with Crippen LogP contribution >= 0.6 is 0 Å². The van der Waals surface area contributed by atoms with Crippen LogP contribution in [0.15, 0.2) is 48.5 Å².